The van der Waals surface area contributed by atoms with Crippen LogP contribution in [0.15, 0.2) is 36.5 Å². The second kappa shape index (κ2) is 5.30. The summed E-state index contributed by atoms with van der Waals surface area (Å²) in [7, 11) is 1.94. The van der Waals surface area contributed by atoms with E-state index >= 15 is 0 Å². The molecule has 0 aliphatic rings. The van der Waals surface area contributed by atoms with Crippen LogP contribution in [0.25, 0.3) is 11.3 Å². The molecule has 1 aromatic heterocycles. The van der Waals surface area contributed by atoms with Gasteiger partial charge in [0, 0.05) is 23.3 Å². The van der Waals surface area contributed by atoms with E-state index in [2.05, 4.69) is 16.4 Å². The van der Waals surface area contributed by atoms with Crippen LogP contribution < -0.4 is 5.32 Å². The molecule has 0 unspecified atom stereocenters. The summed E-state index contributed by atoms with van der Waals surface area (Å²) in [6.45, 7) is 2.90. The van der Waals surface area contributed by atoms with Crippen LogP contribution in [-0.4, -0.2) is 12.0 Å². The lowest BCUT2D eigenvalue weighted by Crippen LogP contribution is -2.05. The van der Waals surface area contributed by atoms with Crippen molar-refractivity contribution in [3.63, 3.8) is 0 Å². The number of hydrogen-bond donors (Lipinski definition) is 1. The molecule has 0 saturated heterocycles. The molecule has 0 atom stereocenters. The Morgan fingerprint density at radius 2 is 2.06 bits per heavy atom. The highest BCUT2D eigenvalue weighted by molar-refractivity contribution is 6.30. The highest BCUT2D eigenvalue weighted by atomic mass is 35.5. The van der Waals surface area contributed by atoms with E-state index in [1.54, 1.807) is 0 Å². The van der Waals surface area contributed by atoms with Crippen LogP contribution in [0.1, 0.15) is 11.1 Å². The fraction of sp³-hybridized carbons (Fsp3) is 0.214. The van der Waals surface area contributed by atoms with Crippen LogP contribution in [-0.2, 0) is 6.54 Å². The monoisotopic (exact) mass is 246 g/mol. The smallest absolute Gasteiger partial charge is 0.0707 e. The maximum absolute atomic E-state index is 5.96. The topological polar surface area (TPSA) is 24.9 Å². The van der Waals surface area contributed by atoms with Crippen LogP contribution in [0.5, 0.6) is 0 Å². The minimum absolute atomic E-state index is 0.762. The van der Waals surface area contributed by atoms with Gasteiger partial charge in [-0.1, -0.05) is 17.7 Å². The summed E-state index contributed by atoms with van der Waals surface area (Å²) in [6.07, 6.45) is 1.84. The van der Waals surface area contributed by atoms with Gasteiger partial charge in [0.25, 0.3) is 0 Å². The van der Waals surface area contributed by atoms with Gasteiger partial charge in [-0.15, -0.1) is 0 Å². The molecule has 0 radical (unpaired) electrons. The number of benzene rings is 1. The highest BCUT2D eigenvalue weighted by Crippen LogP contribution is 2.24. The molecule has 0 aliphatic carbocycles. The Hall–Kier alpha value is -1.38. The Kier molecular flexibility index (Phi) is 3.77. The van der Waals surface area contributed by atoms with Gasteiger partial charge < -0.3 is 5.32 Å². The minimum Gasteiger partial charge on any atom is -0.316 e. The van der Waals surface area contributed by atoms with Crippen LogP contribution in [0, 0.1) is 6.92 Å². The van der Waals surface area contributed by atoms with Crippen molar-refractivity contribution in [2.45, 2.75) is 13.5 Å². The van der Waals surface area contributed by atoms with Gasteiger partial charge in [0.15, 0.2) is 0 Å². The second-order valence-corrected chi connectivity index (χ2v) is 4.48. The lowest BCUT2D eigenvalue weighted by Gasteiger charge is -2.07. The summed E-state index contributed by atoms with van der Waals surface area (Å²) in [4.78, 5) is 4.41. The van der Waals surface area contributed by atoms with E-state index in [1.807, 2.05) is 44.4 Å². The number of pyridine rings is 1. The quantitative estimate of drug-likeness (QED) is 0.898. The van der Waals surface area contributed by atoms with Gasteiger partial charge in [-0.05, 0) is 49.4 Å². The summed E-state index contributed by atoms with van der Waals surface area (Å²) < 4.78 is 0. The zero-order valence-electron chi connectivity index (χ0n) is 10.00. The van der Waals surface area contributed by atoms with Gasteiger partial charge >= 0.3 is 0 Å². The van der Waals surface area contributed by atoms with Gasteiger partial charge in [0.05, 0.1) is 5.69 Å². The van der Waals surface area contributed by atoms with Crippen molar-refractivity contribution >= 4 is 11.6 Å². The van der Waals surface area contributed by atoms with Crippen LogP contribution >= 0.6 is 11.6 Å². The van der Waals surface area contributed by atoms with E-state index in [0.29, 0.717) is 0 Å². The van der Waals surface area contributed by atoms with E-state index in [-0.39, 0.29) is 0 Å². The summed E-state index contributed by atoms with van der Waals surface area (Å²) in [5.41, 5.74) is 4.50. The molecule has 0 amide bonds. The molecular formula is C14H15ClN2. The molecule has 88 valence electrons. The summed E-state index contributed by atoms with van der Waals surface area (Å²) in [5, 5.41) is 3.90. The molecule has 0 spiro atoms. The molecule has 2 nitrogen and oxygen atoms in total. The zero-order chi connectivity index (χ0) is 12.3. The van der Waals surface area contributed by atoms with Crippen molar-refractivity contribution in [3.8, 4) is 11.3 Å². The number of halogens is 1. The van der Waals surface area contributed by atoms with Crippen molar-refractivity contribution in [3.05, 3.63) is 52.7 Å². The molecule has 0 fully saturated rings. The molecule has 2 aromatic rings. The molecular weight excluding hydrogens is 232 g/mol. The fourth-order valence-corrected chi connectivity index (χ4v) is 2.08. The predicted octanol–water partition coefficient (Wildman–Crippen LogP) is 3.43. The SMILES string of the molecule is CNCc1ccnc(-c2ccc(Cl)cc2C)c1. The van der Waals surface area contributed by atoms with Crippen LogP contribution in [0.3, 0.4) is 0 Å². The van der Waals surface area contributed by atoms with Crippen molar-refractivity contribution in [1.29, 1.82) is 0 Å². The van der Waals surface area contributed by atoms with Gasteiger partial charge in [0.2, 0.25) is 0 Å². The molecule has 1 aromatic carbocycles. The third kappa shape index (κ3) is 2.84. The van der Waals surface area contributed by atoms with Crippen molar-refractivity contribution < 1.29 is 0 Å². The van der Waals surface area contributed by atoms with Crippen molar-refractivity contribution in [1.82, 2.24) is 10.3 Å². The Morgan fingerprint density at radius 3 is 2.76 bits per heavy atom. The highest BCUT2D eigenvalue weighted by Gasteiger charge is 2.04. The van der Waals surface area contributed by atoms with Gasteiger partial charge in [-0.25, -0.2) is 0 Å². The molecule has 17 heavy (non-hydrogen) atoms. The van der Waals surface area contributed by atoms with Crippen LogP contribution in [0.4, 0.5) is 0 Å². The lowest BCUT2D eigenvalue weighted by atomic mass is 10.0. The molecule has 2 rings (SSSR count). The first-order chi connectivity index (χ1) is 8.20. The molecule has 3 heteroatoms. The molecule has 1 heterocycles. The Balaban J connectivity index is 2.42. The fourth-order valence-electron chi connectivity index (χ4n) is 1.85. The second-order valence-electron chi connectivity index (χ2n) is 4.04. The third-order valence-corrected chi connectivity index (χ3v) is 2.90. The number of rotatable bonds is 3. The number of hydrogen-bond acceptors (Lipinski definition) is 2. The Morgan fingerprint density at radius 1 is 1.24 bits per heavy atom. The van der Waals surface area contributed by atoms with Gasteiger partial charge in [-0.3, -0.25) is 4.98 Å². The van der Waals surface area contributed by atoms with Crippen molar-refractivity contribution in [2.75, 3.05) is 7.05 Å². The van der Waals surface area contributed by atoms with Crippen LogP contribution in [0.2, 0.25) is 5.02 Å². The van der Waals surface area contributed by atoms with Gasteiger partial charge in [-0.2, -0.15) is 0 Å². The summed E-state index contributed by atoms with van der Waals surface area (Å²) in [6, 6.07) is 10.0. The first kappa shape index (κ1) is 12.1. The van der Waals surface area contributed by atoms with E-state index < -0.39 is 0 Å². The number of nitrogens with one attached hydrogen (secondary N) is 1. The summed E-state index contributed by atoms with van der Waals surface area (Å²) in [5.74, 6) is 0. The average Bonchev–Trinajstić information content (AvgIpc) is 2.29. The normalized spacial score (nSPS) is 10.5. The maximum Gasteiger partial charge on any atom is 0.0707 e. The lowest BCUT2D eigenvalue weighted by molar-refractivity contribution is 0.816. The number of aryl methyl sites for hydroxylation is 1. The first-order valence-electron chi connectivity index (χ1n) is 5.57. The van der Waals surface area contributed by atoms with Crippen molar-refractivity contribution in [2.24, 2.45) is 0 Å². The van der Waals surface area contributed by atoms with Gasteiger partial charge in [0.1, 0.15) is 0 Å². The molecule has 0 aliphatic heterocycles. The first-order valence-corrected chi connectivity index (χ1v) is 5.94. The number of nitrogens with zero attached hydrogens (tertiary/aromatic N) is 1. The average molecular weight is 247 g/mol. The summed E-state index contributed by atoms with van der Waals surface area (Å²) >= 11 is 5.96. The third-order valence-electron chi connectivity index (χ3n) is 2.67. The van der Waals surface area contributed by atoms with E-state index in [1.165, 1.54) is 5.56 Å². The maximum atomic E-state index is 5.96. The largest absolute Gasteiger partial charge is 0.316 e. The molecule has 1 N–H and O–H groups in total. The Bertz CT molecular complexity index is 523. The van der Waals surface area contributed by atoms with E-state index in [4.69, 9.17) is 11.6 Å². The van der Waals surface area contributed by atoms with E-state index in [0.717, 1.165) is 28.4 Å². The predicted molar refractivity (Wildman–Crippen MR) is 72.2 cm³/mol. The van der Waals surface area contributed by atoms with E-state index in [9.17, 15) is 0 Å². The standard InChI is InChI=1S/C14H15ClN2/c1-10-7-12(15)3-4-13(10)14-8-11(9-16-2)5-6-17-14/h3-8,16H,9H2,1-2H3. The Labute approximate surface area is 107 Å². The zero-order valence-corrected chi connectivity index (χ0v) is 10.8. The molecule has 0 saturated carbocycles. The molecule has 0 bridgehead atoms. The number of aromatic nitrogens is 1. The minimum atomic E-state index is 0.762.